The number of benzene rings is 1. The second-order valence-electron chi connectivity index (χ2n) is 5.12. The average Bonchev–Trinajstić information content (AvgIpc) is 2.52. The number of piperidine rings is 1. The van der Waals surface area contributed by atoms with Gasteiger partial charge in [0.15, 0.2) is 5.75 Å². The third-order valence-corrected chi connectivity index (χ3v) is 3.56. The number of ether oxygens (including phenoxy) is 1. The minimum Gasteiger partial charge on any atom is -0.487 e. The molecular weight excluding hydrogens is 272 g/mol. The van der Waals surface area contributed by atoms with Gasteiger partial charge >= 0.3 is 5.69 Å². The Labute approximate surface area is 123 Å². The monoisotopic (exact) mass is 292 g/mol. The third kappa shape index (κ3) is 4.44. The van der Waals surface area contributed by atoms with E-state index in [1.54, 1.807) is 18.2 Å². The Bertz CT molecular complexity index is 498. The van der Waals surface area contributed by atoms with Gasteiger partial charge < -0.3 is 9.64 Å². The van der Waals surface area contributed by atoms with Crippen molar-refractivity contribution in [2.45, 2.75) is 32.1 Å². The first kappa shape index (κ1) is 15.3. The number of nitro benzene ring substituents is 1. The average molecular weight is 292 g/mol. The van der Waals surface area contributed by atoms with E-state index >= 15 is 0 Å². The van der Waals surface area contributed by atoms with Crippen molar-refractivity contribution in [3.05, 3.63) is 34.4 Å². The molecule has 1 fully saturated rings. The van der Waals surface area contributed by atoms with E-state index in [0.29, 0.717) is 19.4 Å². The summed E-state index contributed by atoms with van der Waals surface area (Å²) in [5.41, 5.74) is -0.0418. The van der Waals surface area contributed by atoms with Gasteiger partial charge in [0.1, 0.15) is 0 Å². The van der Waals surface area contributed by atoms with Gasteiger partial charge in [-0.1, -0.05) is 12.1 Å². The highest BCUT2D eigenvalue weighted by atomic mass is 16.6. The van der Waals surface area contributed by atoms with Crippen molar-refractivity contribution in [2.24, 2.45) is 0 Å². The fraction of sp³-hybridized carbons (Fsp3) is 0.533. The van der Waals surface area contributed by atoms with E-state index in [1.807, 2.05) is 4.90 Å². The number of rotatable bonds is 6. The van der Waals surface area contributed by atoms with Crippen molar-refractivity contribution in [1.82, 2.24) is 4.90 Å². The highest BCUT2D eigenvalue weighted by Crippen LogP contribution is 2.25. The zero-order valence-corrected chi connectivity index (χ0v) is 12.0. The second kappa shape index (κ2) is 7.61. The van der Waals surface area contributed by atoms with Gasteiger partial charge in [0.2, 0.25) is 5.91 Å². The number of hydrogen-bond donors (Lipinski definition) is 0. The van der Waals surface area contributed by atoms with Crippen LogP contribution in [0.15, 0.2) is 24.3 Å². The highest BCUT2D eigenvalue weighted by molar-refractivity contribution is 5.76. The molecule has 1 aliphatic heterocycles. The summed E-state index contributed by atoms with van der Waals surface area (Å²) in [7, 11) is 0. The second-order valence-corrected chi connectivity index (χ2v) is 5.12. The molecule has 21 heavy (non-hydrogen) atoms. The lowest BCUT2D eigenvalue weighted by atomic mass is 10.1. The number of nitrogens with zero attached hydrogens (tertiary/aromatic N) is 2. The van der Waals surface area contributed by atoms with Crippen LogP contribution in [0, 0.1) is 10.1 Å². The summed E-state index contributed by atoms with van der Waals surface area (Å²) in [4.78, 5) is 24.2. The number of para-hydroxylation sites is 2. The van der Waals surface area contributed by atoms with E-state index in [2.05, 4.69) is 0 Å². The molecule has 6 nitrogen and oxygen atoms in total. The topological polar surface area (TPSA) is 72.7 Å². The maximum absolute atomic E-state index is 11.9. The van der Waals surface area contributed by atoms with Crippen molar-refractivity contribution in [3.8, 4) is 5.75 Å². The molecule has 0 aliphatic carbocycles. The van der Waals surface area contributed by atoms with Gasteiger partial charge in [-0.2, -0.15) is 0 Å². The number of likely N-dealkylation sites (tertiary alicyclic amines) is 1. The van der Waals surface area contributed by atoms with Crippen molar-refractivity contribution >= 4 is 11.6 Å². The molecule has 1 amide bonds. The van der Waals surface area contributed by atoms with Gasteiger partial charge in [0.05, 0.1) is 11.5 Å². The Balaban J connectivity index is 1.74. The van der Waals surface area contributed by atoms with Crippen LogP contribution in [0.3, 0.4) is 0 Å². The zero-order chi connectivity index (χ0) is 15.1. The number of carbonyl (C=O) groups excluding carboxylic acids is 1. The molecule has 0 aromatic heterocycles. The summed E-state index contributed by atoms with van der Waals surface area (Å²) in [6.07, 6.45) is 4.36. The quantitative estimate of drug-likeness (QED) is 0.459. The van der Waals surface area contributed by atoms with Crippen LogP contribution in [-0.2, 0) is 4.79 Å². The van der Waals surface area contributed by atoms with E-state index in [4.69, 9.17) is 4.74 Å². The minimum atomic E-state index is -0.464. The lowest BCUT2D eigenvalue weighted by Gasteiger charge is -2.26. The summed E-state index contributed by atoms with van der Waals surface area (Å²) in [5, 5.41) is 10.8. The van der Waals surface area contributed by atoms with Gasteiger partial charge in [0, 0.05) is 25.6 Å². The van der Waals surface area contributed by atoms with E-state index < -0.39 is 4.92 Å². The molecule has 1 heterocycles. The number of nitro groups is 1. The van der Waals surface area contributed by atoms with Gasteiger partial charge in [-0.25, -0.2) is 0 Å². The maximum atomic E-state index is 11.9. The van der Waals surface area contributed by atoms with Crippen LogP contribution in [-0.4, -0.2) is 35.4 Å². The van der Waals surface area contributed by atoms with E-state index in [-0.39, 0.29) is 17.3 Å². The molecule has 0 unspecified atom stereocenters. The van der Waals surface area contributed by atoms with E-state index in [0.717, 1.165) is 25.9 Å². The van der Waals surface area contributed by atoms with E-state index in [1.165, 1.54) is 12.5 Å². The number of carbonyl (C=O) groups is 1. The van der Waals surface area contributed by atoms with Gasteiger partial charge in [-0.3, -0.25) is 14.9 Å². The summed E-state index contributed by atoms with van der Waals surface area (Å²) in [6, 6.07) is 6.28. The summed E-state index contributed by atoms with van der Waals surface area (Å²) >= 11 is 0. The van der Waals surface area contributed by atoms with Gasteiger partial charge in [-0.15, -0.1) is 0 Å². The molecule has 0 spiro atoms. The standard InChI is InChI=1S/C15H20N2O4/c18-15(16-10-4-1-5-11-16)9-6-12-21-14-8-3-2-7-13(14)17(19)20/h2-3,7-8H,1,4-6,9-12H2. The summed E-state index contributed by atoms with van der Waals surface area (Å²) in [5.74, 6) is 0.411. The highest BCUT2D eigenvalue weighted by Gasteiger charge is 2.16. The molecule has 0 N–H and O–H groups in total. The fourth-order valence-corrected chi connectivity index (χ4v) is 2.44. The van der Waals surface area contributed by atoms with Crippen LogP contribution in [0.1, 0.15) is 32.1 Å². The van der Waals surface area contributed by atoms with Crippen molar-refractivity contribution in [1.29, 1.82) is 0 Å². The number of amides is 1. The Hall–Kier alpha value is -2.11. The minimum absolute atomic E-state index is 0.0418. The lowest BCUT2D eigenvalue weighted by Crippen LogP contribution is -2.35. The van der Waals surface area contributed by atoms with E-state index in [9.17, 15) is 14.9 Å². The smallest absolute Gasteiger partial charge is 0.310 e. The molecule has 0 radical (unpaired) electrons. The molecule has 2 rings (SSSR count). The van der Waals surface area contributed by atoms with Crippen LogP contribution in [0.25, 0.3) is 0 Å². The predicted octanol–water partition coefficient (Wildman–Crippen LogP) is 2.77. The first-order chi connectivity index (χ1) is 10.2. The molecule has 1 saturated heterocycles. The maximum Gasteiger partial charge on any atom is 0.310 e. The zero-order valence-electron chi connectivity index (χ0n) is 12.0. The summed E-state index contributed by atoms with van der Waals surface area (Å²) < 4.78 is 5.42. The van der Waals surface area contributed by atoms with Crippen molar-refractivity contribution in [3.63, 3.8) is 0 Å². The summed E-state index contributed by atoms with van der Waals surface area (Å²) in [6.45, 7) is 2.01. The van der Waals surface area contributed by atoms with Gasteiger partial charge in [-0.05, 0) is 31.7 Å². The Morgan fingerprint density at radius 1 is 1.24 bits per heavy atom. The van der Waals surface area contributed by atoms with Crippen molar-refractivity contribution in [2.75, 3.05) is 19.7 Å². The first-order valence-corrected chi connectivity index (χ1v) is 7.32. The Morgan fingerprint density at radius 2 is 1.95 bits per heavy atom. The van der Waals surface area contributed by atoms with Crippen LogP contribution in [0.2, 0.25) is 0 Å². The largest absolute Gasteiger partial charge is 0.487 e. The molecule has 1 aromatic rings. The van der Waals surface area contributed by atoms with Crippen LogP contribution in [0.5, 0.6) is 5.75 Å². The van der Waals surface area contributed by atoms with Crippen molar-refractivity contribution < 1.29 is 14.5 Å². The molecule has 1 aliphatic rings. The normalized spacial score (nSPS) is 14.8. The number of hydrogen-bond acceptors (Lipinski definition) is 4. The predicted molar refractivity (Wildman–Crippen MR) is 78.3 cm³/mol. The Morgan fingerprint density at radius 3 is 2.67 bits per heavy atom. The van der Waals surface area contributed by atoms with Gasteiger partial charge in [0.25, 0.3) is 0 Å². The fourth-order valence-electron chi connectivity index (χ4n) is 2.44. The Kier molecular flexibility index (Phi) is 5.54. The SMILES string of the molecule is O=C(CCCOc1ccccc1[N+](=O)[O-])N1CCCCC1. The molecule has 0 bridgehead atoms. The lowest BCUT2D eigenvalue weighted by molar-refractivity contribution is -0.385. The molecular formula is C15H20N2O4. The molecule has 0 atom stereocenters. The molecule has 0 saturated carbocycles. The third-order valence-electron chi connectivity index (χ3n) is 3.56. The van der Waals surface area contributed by atoms with Crippen LogP contribution >= 0.6 is 0 Å². The molecule has 114 valence electrons. The molecule has 1 aromatic carbocycles. The molecule has 6 heteroatoms. The van der Waals surface area contributed by atoms with Crippen LogP contribution < -0.4 is 4.74 Å². The van der Waals surface area contributed by atoms with Crippen LogP contribution in [0.4, 0.5) is 5.69 Å². The first-order valence-electron chi connectivity index (χ1n) is 7.32.